The summed E-state index contributed by atoms with van der Waals surface area (Å²) in [4.78, 5) is 30.1. The normalized spacial score (nSPS) is 14.8. The highest BCUT2D eigenvalue weighted by atomic mass is 32.2. The van der Waals surface area contributed by atoms with E-state index in [1.54, 1.807) is 24.5 Å². The molecule has 3 rings (SSSR count). The first-order valence-corrected chi connectivity index (χ1v) is 13.8. The van der Waals surface area contributed by atoms with E-state index in [2.05, 4.69) is 50.9 Å². The van der Waals surface area contributed by atoms with Gasteiger partial charge in [0.05, 0.1) is 0 Å². The van der Waals surface area contributed by atoms with E-state index in [9.17, 15) is 9.59 Å². The van der Waals surface area contributed by atoms with Crippen molar-refractivity contribution in [3.8, 4) is 0 Å². The van der Waals surface area contributed by atoms with Crippen molar-refractivity contribution in [3.63, 3.8) is 0 Å². The van der Waals surface area contributed by atoms with E-state index in [4.69, 9.17) is 0 Å². The molecule has 2 N–H and O–H groups in total. The summed E-state index contributed by atoms with van der Waals surface area (Å²) < 4.78 is 2.69. The maximum Gasteiger partial charge on any atom is 0.253 e. The van der Waals surface area contributed by atoms with Crippen LogP contribution < -0.4 is 21.5 Å². The molecule has 1 fully saturated rings. The number of aromatic nitrogens is 1. The van der Waals surface area contributed by atoms with E-state index in [1.807, 2.05) is 0 Å². The zero-order chi connectivity index (χ0) is 24.2. The Labute approximate surface area is 208 Å². The van der Waals surface area contributed by atoms with Crippen LogP contribution in [0.1, 0.15) is 64.2 Å². The zero-order valence-corrected chi connectivity index (χ0v) is 21.7. The van der Waals surface area contributed by atoms with Gasteiger partial charge in [-0.1, -0.05) is 44.1 Å². The lowest BCUT2D eigenvalue weighted by atomic mass is 9.95. The Hall–Kier alpha value is -1.90. The van der Waals surface area contributed by atoms with Crippen LogP contribution in [0.4, 0.5) is 17.1 Å². The number of nitrogens with zero attached hydrogens (tertiary/aromatic N) is 3. The fraction of sp³-hybridized carbons (Fsp3) is 0.654. The van der Waals surface area contributed by atoms with Crippen LogP contribution in [-0.4, -0.2) is 59.7 Å². The Morgan fingerprint density at radius 3 is 2.35 bits per heavy atom. The predicted molar refractivity (Wildman–Crippen MR) is 145 cm³/mol. The molecule has 1 saturated carbocycles. The topological polar surface area (TPSA) is 77.6 Å². The molecule has 2 aromatic rings. The molecular formula is C26H41N5O2S. The first-order valence-electron chi connectivity index (χ1n) is 12.8. The number of nitrogens with one attached hydrogen (secondary N) is 2. The minimum atomic E-state index is -0.454. The number of hydrogen-bond acceptors (Lipinski definition) is 8. The molecule has 1 heterocycles. The third-order valence-corrected chi connectivity index (χ3v) is 7.74. The Kier molecular flexibility index (Phi) is 11.4. The van der Waals surface area contributed by atoms with Crippen LogP contribution in [-0.2, 0) is 0 Å². The summed E-state index contributed by atoms with van der Waals surface area (Å²) in [6.45, 7) is 3.05. The standard InChI is InChI=1S/C26H41N5O2S/c1-30(2)18-10-19-31(22-11-6-5-7-12-22)34-20-9-4-3-8-15-28-23-24(26(33)25(23)32)29-21-13-16-27-17-14-21/h13-14,16-17,22,28H,3-12,15,18-20H2,1-2H3,(H,27,29). The van der Waals surface area contributed by atoms with Gasteiger partial charge in [0.2, 0.25) is 0 Å². The van der Waals surface area contributed by atoms with Gasteiger partial charge in [-0.3, -0.25) is 14.6 Å². The summed E-state index contributed by atoms with van der Waals surface area (Å²) in [5.74, 6) is 1.18. The Bertz CT molecular complexity index is 908. The lowest BCUT2D eigenvalue weighted by molar-refractivity contribution is 0.260. The summed E-state index contributed by atoms with van der Waals surface area (Å²) in [6.07, 6.45) is 15.9. The molecule has 1 aliphatic carbocycles. The summed E-state index contributed by atoms with van der Waals surface area (Å²) >= 11 is 2.06. The molecule has 0 bridgehead atoms. The SMILES string of the molecule is CN(C)CCCN(SCCCCCCNc1c(Nc2ccncc2)c(=O)c1=O)C1CCCCC1. The molecular weight excluding hydrogens is 446 g/mol. The molecule has 1 aromatic carbocycles. The predicted octanol–water partition coefficient (Wildman–Crippen LogP) is 4.63. The highest BCUT2D eigenvalue weighted by Crippen LogP contribution is 2.28. The van der Waals surface area contributed by atoms with Crippen LogP contribution in [0.3, 0.4) is 0 Å². The first-order chi connectivity index (χ1) is 16.6. The van der Waals surface area contributed by atoms with Crippen molar-refractivity contribution in [2.75, 3.05) is 50.1 Å². The van der Waals surface area contributed by atoms with Crippen LogP contribution in [0.5, 0.6) is 0 Å². The Morgan fingerprint density at radius 2 is 1.62 bits per heavy atom. The summed E-state index contributed by atoms with van der Waals surface area (Å²) in [5.41, 5.74) is 0.656. The smallest absolute Gasteiger partial charge is 0.253 e. The van der Waals surface area contributed by atoms with Crippen molar-refractivity contribution in [1.29, 1.82) is 0 Å². The average molecular weight is 488 g/mol. The van der Waals surface area contributed by atoms with Crippen molar-refractivity contribution in [3.05, 3.63) is 45.0 Å². The molecule has 0 amide bonds. The molecule has 0 aliphatic heterocycles. The van der Waals surface area contributed by atoms with Gasteiger partial charge in [-0.15, -0.1) is 0 Å². The van der Waals surface area contributed by atoms with E-state index >= 15 is 0 Å². The van der Waals surface area contributed by atoms with Crippen molar-refractivity contribution in [2.24, 2.45) is 0 Å². The van der Waals surface area contributed by atoms with E-state index < -0.39 is 10.9 Å². The number of pyridine rings is 1. The molecule has 8 heteroatoms. The molecule has 0 unspecified atom stereocenters. The highest BCUT2D eigenvalue weighted by molar-refractivity contribution is 7.97. The van der Waals surface area contributed by atoms with Crippen LogP contribution in [0.25, 0.3) is 0 Å². The van der Waals surface area contributed by atoms with Crippen molar-refractivity contribution >= 4 is 29.0 Å². The number of anilines is 3. The van der Waals surface area contributed by atoms with Gasteiger partial charge in [-0.25, -0.2) is 4.31 Å². The third kappa shape index (κ3) is 8.40. The van der Waals surface area contributed by atoms with Crippen LogP contribution in [0.2, 0.25) is 0 Å². The van der Waals surface area contributed by atoms with Gasteiger partial charge in [0.15, 0.2) is 0 Å². The average Bonchev–Trinajstić information content (AvgIpc) is 2.86. The van der Waals surface area contributed by atoms with E-state index in [0.29, 0.717) is 17.9 Å². The lowest BCUT2D eigenvalue weighted by Crippen LogP contribution is -2.36. The van der Waals surface area contributed by atoms with Gasteiger partial charge in [0.1, 0.15) is 11.4 Å². The summed E-state index contributed by atoms with van der Waals surface area (Å²) in [6, 6.07) is 4.31. The molecule has 7 nitrogen and oxygen atoms in total. The molecule has 34 heavy (non-hydrogen) atoms. The van der Waals surface area contributed by atoms with Gasteiger partial charge in [0, 0.05) is 43.0 Å². The van der Waals surface area contributed by atoms with Gasteiger partial charge in [-0.2, -0.15) is 0 Å². The quantitative estimate of drug-likeness (QED) is 0.202. The summed E-state index contributed by atoms with van der Waals surface area (Å²) in [5, 5.41) is 6.20. The van der Waals surface area contributed by atoms with Gasteiger partial charge in [-0.05, 0) is 64.9 Å². The Balaban J connectivity index is 1.31. The maximum atomic E-state index is 11.9. The second-order valence-corrected chi connectivity index (χ2v) is 10.7. The van der Waals surface area contributed by atoms with Crippen LogP contribution in [0, 0.1) is 0 Å². The largest absolute Gasteiger partial charge is 0.380 e. The van der Waals surface area contributed by atoms with Crippen LogP contribution >= 0.6 is 11.9 Å². The minimum Gasteiger partial charge on any atom is -0.380 e. The number of unbranched alkanes of at least 4 members (excludes halogenated alkanes) is 3. The number of hydrogen-bond donors (Lipinski definition) is 2. The Morgan fingerprint density at radius 1 is 0.912 bits per heavy atom. The fourth-order valence-electron chi connectivity index (χ4n) is 4.50. The number of rotatable bonds is 16. The van der Waals surface area contributed by atoms with Crippen molar-refractivity contribution in [2.45, 2.75) is 70.3 Å². The van der Waals surface area contributed by atoms with Crippen LogP contribution in [0.15, 0.2) is 34.1 Å². The second kappa shape index (κ2) is 14.5. The molecule has 0 radical (unpaired) electrons. The van der Waals surface area contributed by atoms with Crippen molar-refractivity contribution < 1.29 is 0 Å². The van der Waals surface area contributed by atoms with Gasteiger partial charge < -0.3 is 15.5 Å². The first kappa shape index (κ1) is 26.7. The molecule has 1 aliphatic rings. The van der Waals surface area contributed by atoms with Gasteiger partial charge in [0.25, 0.3) is 10.9 Å². The molecule has 0 spiro atoms. The molecule has 0 saturated heterocycles. The lowest BCUT2D eigenvalue weighted by Gasteiger charge is -2.33. The monoisotopic (exact) mass is 487 g/mol. The zero-order valence-electron chi connectivity index (χ0n) is 20.9. The summed E-state index contributed by atoms with van der Waals surface area (Å²) in [7, 11) is 4.31. The molecule has 0 atom stereocenters. The van der Waals surface area contributed by atoms with Crippen molar-refractivity contribution in [1.82, 2.24) is 14.2 Å². The van der Waals surface area contributed by atoms with Gasteiger partial charge >= 0.3 is 0 Å². The van der Waals surface area contributed by atoms with E-state index in [-0.39, 0.29) is 0 Å². The highest BCUT2D eigenvalue weighted by Gasteiger charge is 2.22. The second-order valence-electron chi connectivity index (χ2n) is 9.53. The minimum absolute atomic E-state index is 0.365. The van der Waals surface area contributed by atoms with E-state index in [1.165, 1.54) is 63.7 Å². The molecule has 1 aromatic heterocycles. The molecule has 188 valence electrons. The third-order valence-electron chi connectivity index (χ3n) is 6.46. The fourth-order valence-corrected chi connectivity index (χ4v) is 5.75. The maximum absolute atomic E-state index is 11.9. The van der Waals surface area contributed by atoms with E-state index in [0.717, 1.165) is 31.1 Å².